The van der Waals surface area contributed by atoms with E-state index in [-0.39, 0.29) is 83.4 Å². The van der Waals surface area contributed by atoms with Crippen LogP contribution in [0.15, 0.2) is 146 Å². The van der Waals surface area contributed by atoms with Crippen LogP contribution in [0.25, 0.3) is 0 Å². The summed E-state index contributed by atoms with van der Waals surface area (Å²) < 4.78 is 2.95. The number of nitroso groups, excluding NO2 is 3. The highest BCUT2D eigenvalue weighted by atomic mass is 79.9. The molecule has 69 heavy (non-hydrogen) atoms. The van der Waals surface area contributed by atoms with Gasteiger partial charge in [0.05, 0.1) is 14.3 Å². The van der Waals surface area contributed by atoms with Gasteiger partial charge in [0.15, 0.2) is 0 Å². The number of halogens is 3. The van der Waals surface area contributed by atoms with E-state index in [1.165, 1.54) is 33.4 Å². The molecule has 0 aliphatic rings. The Morgan fingerprint density at radius 3 is 0.362 bits per heavy atom. The van der Waals surface area contributed by atoms with Crippen molar-refractivity contribution in [2.24, 2.45) is 0 Å². The van der Waals surface area contributed by atoms with Gasteiger partial charge in [0.2, 0.25) is 0 Å². The molecule has 0 atom stereocenters. The zero-order valence-electron chi connectivity index (χ0n) is 44.6. The van der Waals surface area contributed by atoms with E-state index in [9.17, 15) is 14.7 Å². The minimum Gasteiger partial charge on any atom is -1.00 e. The lowest BCUT2D eigenvalue weighted by Crippen LogP contribution is -3.00. The molecule has 0 fully saturated rings. The summed E-state index contributed by atoms with van der Waals surface area (Å²) in [6, 6.07) is 47.1. The average Bonchev–Trinajstić information content (AvgIpc) is 3.24. The molecule has 6 nitrogen and oxygen atoms in total. The van der Waals surface area contributed by atoms with Crippen LogP contribution in [-0.4, -0.2) is 0 Å². The molecule has 6 aromatic rings. The second kappa shape index (κ2) is 24.6. The molecule has 372 valence electrons. The highest BCUT2D eigenvalue weighted by molar-refractivity contribution is 5.55. The largest absolute Gasteiger partial charge is 1.00 e. The molecule has 6 rings (SSSR count). The highest BCUT2D eigenvalue weighted by Gasteiger charge is 2.25. The molecule has 0 unspecified atom stereocenters. The minimum absolute atomic E-state index is 0. The normalized spacial score (nSPS) is 11.7. The van der Waals surface area contributed by atoms with Crippen LogP contribution in [0.1, 0.15) is 158 Å². The number of hydrogen-bond acceptors (Lipinski definition) is 3. The first-order chi connectivity index (χ1) is 30.3. The van der Waals surface area contributed by atoms with Crippen molar-refractivity contribution in [1.29, 1.82) is 0 Å². The molecule has 0 aliphatic heterocycles. The Morgan fingerprint density at radius 1 is 0.203 bits per heavy atom. The summed E-state index contributed by atoms with van der Waals surface area (Å²) in [7, 11) is 0. The van der Waals surface area contributed by atoms with Gasteiger partial charge in [-0.3, -0.25) is 0 Å². The van der Waals surface area contributed by atoms with Crippen LogP contribution in [0.2, 0.25) is 0 Å². The van der Waals surface area contributed by atoms with Gasteiger partial charge in [-0.2, -0.15) is 0 Å². The fourth-order valence-corrected chi connectivity index (χ4v) is 7.03. The van der Waals surface area contributed by atoms with E-state index in [1.54, 1.807) is 0 Å². The lowest BCUT2D eigenvalue weighted by molar-refractivity contribution is -0.00100. The smallest absolute Gasteiger partial charge is 0.263 e. The van der Waals surface area contributed by atoms with Crippen LogP contribution in [0, 0.1) is 14.7 Å². The van der Waals surface area contributed by atoms with E-state index in [0.717, 1.165) is 14.3 Å². The number of benzene rings is 6. The zero-order valence-corrected chi connectivity index (χ0v) is 49.3. The van der Waals surface area contributed by atoms with Crippen molar-refractivity contribution < 1.29 is 50.9 Å². The number of nitrogens with zero attached hydrogens (tertiary/aromatic N) is 3. The maximum Gasteiger partial charge on any atom is 0.263 e. The quantitative estimate of drug-likeness (QED) is 0.157. The maximum absolute atomic E-state index is 12.5. The van der Waals surface area contributed by atoms with E-state index < -0.39 is 0 Å². The molecule has 0 saturated heterocycles. The molecule has 0 aromatic heterocycles. The molecule has 0 spiro atoms. The zero-order chi connectivity index (χ0) is 49.6. The third kappa shape index (κ3) is 18.0. The van der Waals surface area contributed by atoms with Crippen LogP contribution < -0.4 is 65.2 Å². The molecule has 9 heteroatoms. The van der Waals surface area contributed by atoms with Crippen LogP contribution in [0.4, 0.5) is 34.1 Å². The number of rotatable bonds is 6. The first-order valence-corrected chi connectivity index (χ1v) is 23.3. The maximum atomic E-state index is 12.5. The van der Waals surface area contributed by atoms with Gasteiger partial charge in [0, 0.05) is 87.5 Å². The topological polar surface area (TPSA) is 60.2 Å². The minimum atomic E-state index is 0. The van der Waals surface area contributed by atoms with Crippen LogP contribution in [0.5, 0.6) is 0 Å². The molecular formula is C60H78Br3N3O3. The summed E-state index contributed by atoms with van der Waals surface area (Å²) in [5.74, 6) is 0. The van der Waals surface area contributed by atoms with Crippen molar-refractivity contribution in [3.8, 4) is 0 Å². The standard InChI is InChI=1S/3C20H26NO.3BrH/c3*1-19(2,3)15-7-11-17(12-8-15)21(22)18-13-9-16(10-14-18)20(4,5)6;;;/h3*7-14H,1-6H3;3*1H/q3*+1;;;/p-3. The molecule has 0 aliphatic carbocycles. The fraction of sp³-hybridized carbons (Fsp3) is 0.400. The van der Waals surface area contributed by atoms with Gasteiger partial charge in [-0.25, -0.2) is 0 Å². The lowest BCUT2D eigenvalue weighted by Gasteiger charge is -2.18. The van der Waals surface area contributed by atoms with Crippen LogP contribution >= 0.6 is 0 Å². The summed E-state index contributed by atoms with van der Waals surface area (Å²) in [6.45, 7) is 39.0. The average molecular weight is 1130 g/mol. The van der Waals surface area contributed by atoms with Crippen LogP contribution in [0.3, 0.4) is 0 Å². The molecule has 0 radical (unpaired) electrons. The van der Waals surface area contributed by atoms with Gasteiger partial charge < -0.3 is 50.9 Å². The van der Waals surface area contributed by atoms with E-state index >= 15 is 0 Å². The molecule has 0 amide bonds. The first-order valence-electron chi connectivity index (χ1n) is 23.3. The van der Waals surface area contributed by atoms with Crippen molar-refractivity contribution in [2.75, 3.05) is 0 Å². The summed E-state index contributed by atoms with van der Waals surface area (Å²) in [5, 5.41) is 0. The molecule has 6 aromatic carbocycles. The van der Waals surface area contributed by atoms with E-state index in [1.807, 2.05) is 146 Å². The summed E-state index contributed by atoms with van der Waals surface area (Å²) >= 11 is 0. The van der Waals surface area contributed by atoms with E-state index in [2.05, 4.69) is 125 Å². The second-order valence-corrected chi connectivity index (χ2v) is 23.7. The third-order valence-electron chi connectivity index (χ3n) is 11.8. The van der Waals surface area contributed by atoms with Gasteiger partial charge >= 0.3 is 0 Å². The van der Waals surface area contributed by atoms with E-state index in [0.29, 0.717) is 34.1 Å². The molecule has 0 saturated carbocycles. The summed E-state index contributed by atoms with van der Waals surface area (Å²) in [6.07, 6.45) is 0. The molecular weight excluding hydrogens is 1050 g/mol. The Hall–Kier alpha value is -4.44. The Balaban J connectivity index is 0.000000506. The van der Waals surface area contributed by atoms with Crippen molar-refractivity contribution in [3.63, 3.8) is 0 Å². The Bertz CT molecular complexity index is 2090. The molecule has 0 heterocycles. The van der Waals surface area contributed by atoms with Gasteiger partial charge in [-0.05, 0) is 65.9 Å². The van der Waals surface area contributed by atoms with Gasteiger partial charge in [-0.15, -0.1) is 0 Å². The first kappa shape index (κ1) is 62.6. The SMILES string of the molecule is CC(C)(C)c1ccc([N+](=O)c2ccc(C(C)(C)C)cc2)cc1.CC(C)(C)c1ccc([N+](=O)c2ccc(C(C)(C)C)cc2)cc1.CC(C)(C)c1ccc([N+](=O)c2ccc(C(C)(C)C)cc2)cc1.[Br-].[Br-].[Br-]. The highest BCUT2D eigenvalue weighted by Crippen LogP contribution is 2.32. The molecule has 0 N–H and O–H groups in total. The van der Waals surface area contributed by atoms with Crippen molar-refractivity contribution >= 4 is 34.1 Å². The Labute approximate surface area is 447 Å². The summed E-state index contributed by atoms with van der Waals surface area (Å²) in [4.78, 5) is 37.5. The number of hydrogen-bond donors (Lipinski definition) is 0. The Morgan fingerprint density at radius 2 is 0.290 bits per heavy atom. The monoisotopic (exact) mass is 1130 g/mol. The fourth-order valence-electron chi connectivity index (χ4n) is 7.03. The Kier molecular flexibility index (Phi) is 22.3. The van der Waals surface area contributed by atoms with Gasteiger partial charge in [0.1, 0.15) is 0 Å². The van der Waals surface area contributed by atoms with Crippen molar-refractivity contribution in [2.45, 2.75) is 157 Å². The lowest BCUT2D eigenvalue weighted by atomic mass is 9.87. The van der Waals surface area contributed by atoms with Gasteiger partial charge in [0.25, 0.3) is 34.1 Å². The third-order valence-corrected chi connectivity index (χ3v) is 11.8. The van der Waals surface area contributed by atoms with Crippen molar-refractivity contribution in [3.05, 3.63) is 194 Å². The van der Waals surface area contributed by atoms with Crippen molar-refractivity contribution in [1.82, 2.24) is 14.3 Å². The molecule has 0 bridgehead atoms. The summed E-state index contributed by atoms with van der Waals surface area (Å²) in [5.41, 5.74) is 11.9. The second-order valence-electron chi connectivity index (χ2n) is 23.7. The predicted molar refractivity (Wildman–Crippen MR) is 285 cm³/mol. The van der Waals surface area contributed by atoms with E-state index in [4.69, 9.17) is 0 Å². The van der Waals surface area contributed by atoms with Gasteiger partial charge in [-0.1, -0.05) is 197 Å². The predicted octanol–water partition coefficient (Wildman–Crippen LogP) is 8.66. The van der Waals surface area contributed by atoms with Crippen LogP contribution in [-0.2, 0) is 32.5 Å².